The molecule has 20 heavy (non-hydrogen) atoms. The Morgan fingerprint density at radius 2 is 2.20 bits per heavy atom. The van der Waals surface area contributed by atoms with Crippen LogP contribution >= 0.6 is 15.9 Å². The van der Waals surface area contributed by atoms with Gasteiger partial charge in [-0.1, -0.05) is 0 Å². The molecule has 0 saturated heterocycles. The summed E-state index contributed by atoms with van der Waals surface area (Å²) in [7, 11) is 0. The molecule has 2 heterocycles. The van der Waals surface area contributed by atoms with E-state index >= 15 is 0 Å². The van der Waals surface area contributed by atoms with Gasteiger partial charge in [-0.05, 0) is 46.8 Å². The number of aromatic nitrogens is 3. The topological polar surface area (TPSA) is 76.0 Å². The first kappa shape index (κ1) is 13.2. The highest BCUT2D eigenvalue weighted by atomic mass is 79.9. The third-order valence-corrected chi connectivity index (χ3v) is 3.90. The summed E-state index contributed by atoms with van der Waals surface area (Å²) < 4.78 is 0.877. The summed E-state index contributed by atoms with van der Waals surface area (Å²) in [5, 5.41) is 9.07. The lowest BCUT2D eigenvalue weighted by Gasteiger charge is -2.20. The smallest absolute Gasteiger partial charge is 0.306 e. The molecule has 1 unspecified atom stereocenters. The van der Waals surface area contributed by atoms with Crippen molar-refractivity contribution in [1.29, 1.82) is 0 Å². The molecule has 1 aliphatic carbocycles. The normalized spacial score (nSPS) is 17.6. The minimum absolute atomic E-state index is 0.315. The molecule has 1 N–H and O–H groups in total. The predicted octanol–water partition coefficient (Wildman–Crippen LogP) is 2.49. The van der Waals surface area contributed by atoms with E-state index in [1.54, 1.807) is 18.6 Å². The molecule has 0 saturated carbocycles. The lowest BCUT2D eigenvalue weighted by Crippen LogP contribution is -2.23. The van der Waals surface area contributed by atoms with Crippen molar-refractivity contribution < 1.29 is 9.90 Å². The van der Waals surface area contributed by atoms with Crippen LogP contribution in [-0.4, -0.2) is 26.0 Å². The van der Waals surface area contributed by atoms with Crippen LogP contribution in [0.25, 0.3) is 11.4 Å². The zero-order chi connectivity index (χ0) is 14.1. The number of carboxylic acids is 1. The first-order chi connectivity index (χ1) is 9.63. The fraction of sp³-hybridized carbons (Fsp3) is 0.286. The minimum atomic E-state index is -0.740. The Hall–Kier alpha value is -1.82. The zero-order valence-electron chi connectivity index (χ0n) is 10.6. The van der Waals surface area contributed by atoms with Crippen LogP contribution in [0, 0.1) is 5.92 Å². The van der Waals surface area contributed by atoms with E-state index in [1.807, 2.05) is 6.07 Å². The van der Waals surface area contributed by atoms with E-state index < -0.39 is 5.97 Å². The second-order valence-corrected chi connectivity index (χ2v) is 5.75. The van der Waals surface area contributed by atoms with E-state index in [1.165, 1.54) is 0 Å². The Balaban J connectivity index is 1.93. The first-order valence-electron chi connectivity index (χ1n) is 6.32. The maximum absolute atomic E-state index is 11.0. The second kappa shape index (κ2) is 5.28. The van der Waals surface area contributed by atoms with Gasteiger partial charge in [0, 0.05) is 34.3 Å². The summed E-state index contributed by atoms with van der Waals surface area (Å²) in [5.74, 6) is -0.424. The van der Waals surface area contributed by atoms with Gasteiger partial charge in [-0.25, -0.2) is 9.97 Å². The quantitative estimate of drug-likeness (QED) is 0.913. The highest BCUT2D eigenvalue weighted by Crippen LogP contribution is 2.26. The summed E-state index contributed by atoms with van der Waals surface area (Å²) in [5.41, 5.74) is 2.74. The maximum Gasteiger partial charge on any atom is 0.306 e. The molecule has 6 heteroatoms. The maximum atomic E-state index is 11.0. The Labute approximate surface area is 124 Å². The van der Waals surface area contributed by atoms with E-state index in [4.69, 9.17) is 5.11 Å². The van der Waals surface area contributed by atoms with E-state index in [9.17, 15) is 4.79 Å². The second-order valence-electron chi connectivity index (χ2n) is 4.84. The van der Waals surface area contributed by atoms with E-state index in [-0.39, 0.29) is 5.92 Å². The Morgan fingerprint density at radius 1 is 1.35 bits per heavy atom. The van der Waals surface area contributed by atoms with Crippen LogP contribution in [0.5, 0.6) is 0 Å². The number of aliphatic carboxylic acids is 1. The molecular formula is C14H12BrN3O2. The molecule has 5 nitrogen and oxygen atoms in total. The van der Waals surface area contributed by atoms with Crippen LogP contribution in [0.4, 0.5) is 0 Å². The molecule has 0 amide bonds. The van der Waals surface area contributed by atoms with Gasteiger partial charge in [-0.2, -0.15) is 0 Å². The average molecular weight is 334 g/mol. The SMILES string of the molecule is O=C(O)C1CCc2nc(-c3cncc(Br)c3)ncc2C1. The van der Waals surface area contributed by atoms with Crippen LogP contribution in [0.15, 0.2) is 29.1 Å². The van der Waals surface area contributed by atoms with Crippen molar-refractivity contribution in [2.75, 3.05) is 0 Å². The molecule has 0 aromatic carbocycles. The molecule has 0 aliphatic heterocycles. The molecule has 1 atom stereocenters. The van der Waals surface area contributed by atoms with Crippen LogP contribution < -0.4 is 0 Å². The number of pyridine rings is 1. The summed E-state index contributed by atoms with van der Waals surface area (Å²) in [6.45, 7) is 0. The number of rotatable bonds is 2. The predicted molar refractivity (Wildman–Crippen MR) is 76.1 cm³/mol. The highest BCUT2D eigenvalue weighted by Gasteiger charge is 2.25. The highest BCUT2D eigenvalue weighted by molar-refractivity contribution is 9.10. The number of nitrogens with zero attached hydrogens (tertiary/aromatic N) is 3. The monoisotopic (exact) mass is 333 g/mol. The van der Waals surface area contributed by atoms with Crippen molar-refractivity contribution in [1.82, 2.24) is 15.0 Å². The van der Waals surface area contributed by atoms with E-state index in [0.717, 1.165) is 21.3 Å². The van der Waals surface area contributed by atoms with Crippen molar-refractivity contribution in [2.45, 2.75) is 19.3 Å². The molecule has 1 aliphatic rings. The van der Waals surface area contributed by atoms with E-state index in [0.29, 0.717) is 25.1 Å². The molecule has 0 radical (unpaired) electrons. The fourth-order valence-electron chi connectivity index (χ4n) is 2.39. The first-order valence-corrected chi connectivity index (χ1v) is 7.11. The Kier molecular flexibility index (Phi) is 3.48. The molecule has 0 fully saturated rings. The van der Waals surface area contributed by atoms with Gasteiger partial charge in [0.25, 0.3) is 0 Å². The van der Waals surface area contributed by atoms with Gasteiger partial charge in [0.05, 0.1) is 5.92 Å². The van der Waals surface area contributed by atoms with Crippen molar-refractivity contribution in [3.63, 3.8) is 0 Å². The van der Waals surface area contributed by atoms with Gasteiger partial charge in [-0.15, -0.1) is 0 Å². The number of aryl methyl sites for hydroxylation is 1. The number of hydrogen-bond acceptors (Lipinski definition) is 4. The van der Waals surface area contributed by atoms with Crippen LogP contribution in [-0.2, 0) is 17.6 Å². The number of halogens is 1. The average Bonchev–Trinajstić information content (AvgIpc) is 2.46. The third-order valence-electron chi connectivity index (χ3n) is 3.46. The molecule has 2 aromatic rings. The van der Waals surface area contributed by atoms with Crippen LogP contribution in [0.2, 0.25) is 0 Å². The zero-order valence-corrected chi connectivity index (χ0v) is 12.2. The summed E-state index contributed by atoms with van der Waals surface area (Å²) >= 11 is 3.37. The van der Waals surface area contributed by atoms with Crippen molar-refractivity contribution in [3.05, 3.63) is 40.4 Å². The number of hydrogen-bond donors (Lipinski definition) is 1. The Bertz CT molecular complexity index is 675. The third kappa shape index (κ3) is 2.56. The Morgan fingerprint density at radius 3 is 2.95 bits per heavy atom. The molecule has 0 spiro atoms. The van der Waals surface area contributed by atoms with Gasteiger partial charge in [0.2, 0.25) is 0 Å². The lowest BCUT2D eigenvalue weighted by molar-refractivity contribution is -0.142. The number of carboxylic acid groups (broad SMARTS) is 1. The fourth-order valence-corrected chi connectivity index (χ4v) is 2.76. The summed E-state index contributed by atoms with van der Waals surface area (Å²) in [6, 6.07) is 1.91. The van der Waals surface area contributed by atoms with Crippen molar-refractivity contribution >= 4 is 21.9 Å². The molecule has 2 aromatic heterocycles. The van der Waals surface area contributed by atoms with Gasteiger partial charge >= 0.3 is 5.97 Å². The van der Waals surface area contributed by atoms with Gasteiger partial charge < -0.3 is 5.11 Å². The van der Waals surface area contributed by atoms with Crippen LogP contribution in [0.1, 0.15) is 17.7 Å². The van der Waals surface area contributed by atoms with Gasteiger partial charge in [0.1, 0.15) is 0 Å². The van der Waals surface area contributed by atoms with Gasteiger partial charge in [0.15, 0.2) is 5.82 Å². The number of carbonyl (C=O) groups is 1. The van der Waals surface area contributed by atoms with Crippen LogP contribution in [0.3, 0.4) is 0 Å². The van der Waals surface area contributed by atoms with Gasteiger partial charge in [-0.3, -0.25) is 9.78 Å². The lowest BCUT2D eigenvalue weighted by atomic mass is 9.87. The standard InChI is InChI=1S/C14H12BrN3O2/c15-11-4-10(5-16-7-11)13-17-6-9-3-8(14(19)20)1-2-12(9)18-13/h4-8H,1-3H2,(H,19,20). The summed E-state index contributed by atoms with van der Waals surface area (Å²) in [4.78, 5) is 24.0. The minimum Gasteiger partial charge on any atom is -0.481 e. The summed E-state index contributed by atoms with van der Waals surface area (Å²) in [6.07, 6.45) is 7.00. The largest absolute Gasteiger partial charge is 0.481 e. The number of fused-ring (bicyclic) bond motifs is 1. The van der Waals surface area contributed by atoms with Crippen molar-refractivity contribution in [2.24, 2.45) is 5.92 Å². The molecule has 3 rings (SSSR count). The molecule has 102 valence electrons. The van der Waals surface area contributed by atoms with Crippen molar-refractivity contribution in [3.8, 4) is 11.4 Å². The van der Waals surface area contributed by atoms with E-state index in [2.05, 4.69) is 30.9 Å². The molecule has 0 bridgehead atoms. The molecular weight excluding hydrogens is 322 g/mol.